The van der Waals surface area contributed by atoms with Crippen LogP contribution in [0.4, 0.5) is 0 Å². The molecular formula is C31H38O4. The van der Waals surface area contributed by atoms with Gasteiger partial charge in [-0.2, -0.15) is 0 Å². The van der Waals surface area contributed by atoms with E-state index in [4.69, 9.17) is 9.47 Å². The number of hydrogen-bond acceptors (Lipinski definition) is 4. The van der Waals surface area contributed by atoms with E-state index in [0.717, 1.165) is 56.3 Å². The summed E-state index contributed by atoms with van der Waals surface area (Å²) in [5, 5.41) is 0. The van der Waals surface area contributed by atoms with Crippen molar-refractivity contribution in [2.45, 2.75) is 84.2 Å². The van der Waals surface area contributed by atoms with Gasteiger partial charge in [0.15, 0.2) is 0 Å². The van der Waals surface area contributed by atoms with Crippen molar-refractivity contribution >= 4 is 11.8 Å². The third kappa shape index (κ3) is 4.77. The van der Waals surface area contributed by atoms with Crippen molar-refractivity contribution in [3.05, 3.63) is 64.7 Å². The van der Waals surface area contributed by atoms with Crippen LogP contribution < -0.4 is 4.74 Å². The summed E-state index contributed by atoms with van der Waals surface area (Å²) in [6.07, 6.45) is 8.16. The molecule has 4 nitrogen and oxygen atoms in total. The molecule has 3 aliphatic carbocycles. The lowest BCUT2D eigenvalue weighted by molar-refractivity contribution is -0.143. The largest absolute Gasteiger partial charge is 0.489 e. The van der Waals surface area contributed by atoms with Crippen molar-refractivity contribution < 1.29 is 19.1 Å². The monoisotopic (exact) mass is 474 g/mol. The second-order valence-corrected chi connectivity index (χ2v) is 10.9. The zero-order valence-corrected chi connectivity index (χ0v) is 21.2. The molecule has 2 aromatic rings. The summed E-state index contributed by atoms with van der Waals surface area (Å²) in [5.41, 5.74) is 5.14. The van der Waals surface area contributed by atoms with Crippen molar-refractivity contribution in [3.8, 4) is 5.75 Å². The Morgan fingerprint density at radius 2 is 1.91 bits per heavy atom. The molecule has 0 amide bonds. The summed E-state index contributed by atoms with van der Waals surface area (Å²) in [6.45, 7) is 5.05. The molecule has 2 saturated carbocycles. The molecule has 35 heavy (non-hydrogen) atoms. The molecule has 0 bridgehead atoms. The number of benzene rings is 2. The topological polar surface area (TPSA) is 52.6 Å². The maximum atomic E-state index is 12.7. The maximum Gasteiger partial charge on any atom is 0.305 e. The van der Waals surface area contributed by atoms with Gasteiger partial charge in [0, 0.05) is 18.3 Å². The summed E-state index contributed by atoms with van der Waals surface area (Å²) >= 11 is 0. The number of Topliss-reactive ketones (excluding diaryl/α,β-unsaturated/α-hetero) is 1. The van der Waals surface area contributed by atoms with Crippen LogP contribution in [0.5, 0.6) is 5.75 Å². The van der Waals surface area contributed by atoms with Gasteiger partial charge < -0.3 is 9.47 Å². The number of carbonyl (C=O) groups is 2. The van der Waals surface area contributed by atoms with Gasteiger partial charge in [-0.3, -0.25) is 9.59 Å². The third-order valence-electron chi connectivity index (χ3n) is 8.98. The molecule has 0 N–H and O–H groups in total. The molecule has 0 spiro atoms. The summed E-state index contributed by atoms with van der Waals surface area (Å²) in [4.78, 5) is 24.6. The Morgan fingerprint density at radius 1 is 1.09 bits per heavy atom. The van der Waals surface area contributed by atoms with Crippen LogP contribution in [0.2, 0.25) is 0 Å². The van der Waals surface area contributed by atoms with E-state index in [9.17, 15) is 9.59 Å². The molecule has 0 aliphatic heterocycles. The van der Waals surface area contributed by atoms with Crippen LogP contribution in [0.1, 0.15) is 87.0 Å². The number of ketones is 1. The minimum absolute atomic E-state index is 0.0973. The van der Waals surface area contributed by atoms with Crippen LogP contribution in [0, 0.1) is 17.3 Å². The Bertz CT molecular complexity index is 1070. The maximum absolute atomic E-state index is 12.7. The third-order valence-corrected chi connectivity index (χ3v) is 8.98. The molecule has 186 valence electrons. The van der Waals surface area contributed by atoms with Crippen LogP contribution >= 0.6 is 0 Å². The minimum atomic E-state index is -0.130. The van der Waals surface area contributed by atoms with Gasteiger partial charge in [0.2, 0.25) is 0 Å². The highest BCUT2D eigenvalue weighted by molar-refractivity contribution is 5.87. The zero-order chi connectivity index (χ0) is 24.4. The Kier molecular flexibility index (Phi) is 7.00. The number of aryl methyl sites for hydroxylation is 2. The molecule has 4 atom stereocenters. The van der Waals surface area contributed by atoms with Gasteiger partial charge >= 0.3 is 5.97 Å². The zero-order valence-electron chi connectivity index (χ0n) is 21.2. The fourth-order valence-electron chi connectivity index (χ4n) is 7.14. The fraction of sp³-hybridized carbons (Fsp3) is 0.548. The molecule has 0 heterocycles. The summed E-state index contributed by atoms with van der Waals surface area (Å²) in [7, 11) is 0. The molecule has 3 aliphatic rings. The first-order chi connectivity index (χ1) is 17.0. The van der Waals surface area contributed by atoms with Crippen LogP contribution in [-0.4, -0.2) is 18.4 Å². The standard InChI is InChI=1S/C31H38O4/c1-3-34-30(33)11-7-10-23-18-26-22(19-28(23)35-20-21-8-5-4-6-9-21)12-13-25-24(26)16-17-31(2)27(25)14-15-29(31)32/h4-6,8-9,18-19,24-25,27H,3,7,10-17,20H2,1-2H3/t24?,25?,27?,31-/m0/s1. The summed E-state index contributed by atoms with van der Waals surface area (Å²) in [6, 6.07) is 14.9. The van der Waals surface area contributed by atoms with E-state index < -0.39 is 0 Å². The van der Waals surface area contributed by atoms with Crippen molar-refractivity contribution in [1.29, 1.82) is 0 Å². The van der Waals surface area contributed by atoms with E-state index in [0.29, 0.717) is 43.2 Å². The lowest BCUT2D eigenvalue weighted by Gasteiger charge is -2.48. The van der Waals surface area contributed by atoms with E-state index in [1.54, 1.807) is 0 Å². The number of rotatable bonds is 8. The lowest BCUT2D eigenvalue weighted by atomic mass is 9.55. The average Bonchev–Trinajstić information content (AvgIpc) is 3.17. The predicted molar refractivity (Wildman–Crippen MR) is 136 cm³/mol. The number of carbonyl (C=O) groups excluding carboxylic acids is 2. The number of esters is 1. The van der Waals surface area contributed by atoms with Gasteiger partial charge in [-0.1, -0.05) is 43.3 Å². The molecule has 2 aromatic carbocycles. The van der Waals surface area contributed by atoms with Crippen LogP contribution in [0.15, 0.2) is 42.5 Å². The van der Waals surface area contributed by atoms with E-state index in [1.165, 1.54) is 23.1 Å². The second kappa shape index (κ2) is 10.2. The number of hydrogen-bond donors (Lipinski definition) is 0. The van der Waals surface area contributed by atoms with Gasteiger partial charge in [-0.25, -0.2) is 0 Å². The Hall–Kier alpha value is -2.62. The summed E-state index contributed by atoms with van der Waals surface area (Å²) < 4.78 is 11.5. The lowest BCUT2D eigenvalue weighted by Crippen LogP contribution is -2.42. The highest BCUT2D eigenvalue weighted by Gasteiger charge is 2.54. The van der Waals surface area contributed by atoms with Crippen LogP contribution in [0.25, 0.3) is 0 Å². The minimum Gasteiger partial charge on any atom is -0.489 e. The van der Waals surface area contributed by atoms with E-state index in [2.05, 4.69) is 31.2 Å². The average molecular weight is 475 g/mol. The molecule has 0 aromatic heterocycles. The van der Waals surface area contributed by atoms with E-state index in [-0.39, 0.29) is 11.4 Å². The Labute approximate surface area is 209 Å². The molecular weight excluding hydrogens is 436 g/mol. The molecule has 0 saturated heterocycles. The molecule has 3 unspecified atom stereocenters. The molecule has 0 radical (unpaired) electrons. The first kappa shape index (κ1) is 24.1. The van der Waals surface area contributed by atoms with Gasteiger partial charge in [0.05, 0.1) is 6.61 Å². The fourth-order valence-corrected chi connectivity index (χ4v) is 7.14. The van der Waals surface area contributed by atoms with Gasteiger partial charge in [0.1, 0.15) is 18.1 Å². The highest BCUT2D eigenvalue weighted by Crippen LogP contribution is 2.59. The van der Waals surface area contributed by atoms with Gasteiger partial charge in [-0.15, -0.1) is 0 Å². The quantitative estimate of drug-likeness (QED) is 0.406. The Morgan fingerprint density at radius 3 is 2.71 bits per heavy atom. The SMILES string of the molecule is CCOC(=O)CCCc1cc2c(cc1OCc1ccccc1)CCC1C2CC[C@]2(C)C(=O)CCC12. The van der Waals surface area contributed by atoms with Crippen LogP contribution in [0.3, 0.4) is 0 Å². The predicted octanol–water partition coefficient (Wildman–Crippen LogP) is 6.58. The smallest absolute Gasteiger partial charge is 0.305 e. The number of ether oxygens (including phenoxy) is 2. The van der Waals surface area contributed by atoms with E-state index in [1.807, 2.05) is 25.1 Å². The molecule has 4 heteroatoms. The first-order valence-electron chi connectivity index (χ1n) is 13.5. The highest BCUT2D eigenvalue weighted by atomic mass is 16.5. The van der Waals surface area contributed by atoms with Gasteiger partial charge in [-0.05, 0) is 97.9 Å². The van der Waals surface area contributed by atoms with Gasteiger partial charge in [0.25, 0.3) is 0 Å². The van der Waals surface area contributed by atoms with Crippen molar-refractivity contribution in [3.63, 3.8) is 0 Å². The van der Waals surface area contributed by atoms with Crippen LogP contribution in [-0.2, 0) is 33.8 Å². The molecule has 2 fully saturated rings. The van der Waals surface area contributed by atoms with Crippen molar-refractivity contribution in [1.82, 2.24) is 0 Å². The summed E-state index contributed by atoms with van der Waals surface area (Å²) in [5.74, 6) is 2.99. The first-order valence-corrected chi connectivity index (χ1v) is 13.5. The second-order valence-electron chi connectivity index (χ2n) is 10.9. The van der Waals surface area contributed by atoms with E-state index >= 15 is 0 Å². The van der Waals surface area contributed by atoms with Crippen molar-refractivity contribution in [2.24, 2.45) is 17.3 Å². The molecule has 5 rings (SSSR count). The number of fused-ring (bicyclic) bond motifs is 5. The van der Waals surface area contributed by atoms with Crippen molar-refractivity contribution in [2.75, 3.05) is 6.61 Å². The normalized spacial score (nSPS) is 27.0. The Balaban J connectivity index is 1.40.